The van der Waals surface area contributed by atoms with Gasteiger partial charge in [-0.15, -0.1) is 0 Å². The molecule has 0 aliphatic heterocycles. The van der Waals surface area contributed by atoms with Gasteiger partial charge in [0, 0.05) is 7.11 Å². The molecule has 0 spiro atoms. The maximum atomic E-state index is 8.47. The number of ether oxygens (including phenoxy) is 1. The fourth-order valence-corrected chi connectivity index (χ4v) is 1.00. The molecule has 0 aromatic heterocycles. The van der Waals surface area contributed by atoms with Crippen LogP contribution in [0.2, 0.25) is 0 Å². The maximum absolute atomic E-state index is 8.47. The van der Waals surface area contributed by atoms with Crippen molar-refractivity contribution in [2.24, 2.45) is 0 Å². The summed E-state index contributed by atoms with van der Waals surface area (Å²) in [5.41, 5.74) is -0.186. The normalized spacial score (nSPS) is 11.0. The number of hydrogen-bond acceptors (Lipinski definition) is 2. The Hall–Kier alpha value is -0.550. The third kappa shape index (κ3) is 2.00. The van der Waals surface area contributed by atoms with E-state index in [0.29, 0.717) is 6.42 Å². The van der Waals surface area contributed by atoms with Gasteiger partial charge in [0.05, 0.1) is 18.1 Å². The first-order chi connectivity index (χ1) is 4.74. The van der Waals surface area contributed by atoms with Crippen LogP contribution in [0.15, 0.2) is 0 Å². The largest absolute Gasteiger partial charge is 0.377 e. The Bertz CT molecular complexity index is 113. The summed E-state index contributed by atoms with van der Waals surface area (Å²) < 4.78 is 5.25. The molecule has 2 heteroatoms. The van der Waals surface area contributed by atoms with E-state index in [9.17, 15) is 0 Å². The highest BCUT2D eigenvalue weighted by Crippen LogP contribution is 2.22. The van der Waals surface area contributed by atoms with E-state index in [4.69, 9.17) is 10.00 Å². The van der Waals surface area contributed by atoms with Gasteiger partial charge in [-0.2, -0.15) is 5.26 Å². The molecule has 0 aliphatic rings. The minimum Gasteiger partial charge on any atom is -0.377 e. The smallest absolute Gasteiger partial charge is 0.0802 e. The molecule has 58 valence electrons. The van der Waals surface area contributed by atoms with Crippen LogP contribution in [-0.4, -0.2) is 12.7 Å². The van der Waals surface area contributed by atoms with Gasteiger partial charge in [0.2, 0.25) is 0 Å². The topological polar surface area (TPSA) is 33.0 Å². The van der Waals surface area contributed by atoms with Crippen molar-refractivity contribution in [3.63, 3.8) is 0 Å². The monoisotopic (exact) mass is 141 g/mol. The summed E-state index contributed by atoms with van der Waals surface area (Å²) in [5.74, 6) is 0. The standard InChI is InChI=1S/C8H15NO/c1-4-8(5-2,10-3)6-7-9/h4-6H2,1-3H3. The van der Waals surface area contributed by atoms with Gasteiger partial charge in [-0.05, 0) is 12.8 Å². The molecule has 0 saturated heterocycles. The second-order valence-electron chi connectivity index (χ2n) is 2.43. The first kappa shape index (κ1) is 9.45. The minimum absolute atomic E-state index is 0.186. The lowest BCUT2D eigenvalue weighted by atomic mass is 9.94. The van der Waals surface area contributed by atoms with Crippen molar-refractivity contribution in [3.8, 4) is 6.07 Å². The van der Waals surface area contributed by atoms with Crippen LogP contribution >= 0.6 is 0 Å². The fraction of sp³-hybridized carbons (Fsp3) is 0.875. The maximum Gasteiger partial charge on any atom is 0.0802 e. The molecule has 0 N–H and O–H groups in total. The van der Waals surface area contributed by atoms with Crippen LogP contribution in [0.1, 0.15) is 33.1 Å². The van der Waals surface area contributed by atoms with E-state index in [-0.39, 0.29) is 5.60 Å². The Kier molecular flexibility index (Phi) is 4.06. The zero-order chi connectivity index (χ0) is 8.04. The highest BCUT2D eigenvalue weighted by molar-refractivity contribution is 4.88. The van der Waals surface area contributed by atoms with Gasteiger partial charge in [-0.3, -0.25) is 0 Å². The van der Waals surface area contributed by atoms with Gasteiger partial charge in [0.15, 0.2) is 0 Å². The lowest BCUT2D eigenvalue weighted by molar-refractivity contribution is -0.0127. The average Bonchev–Trinajstić information content (AvgIpc) is 2.01. The summed E-state index contributed by atoms with van der Waals surface area (Å²) in [7, 11) is 1.67. The molecule has 10 heavy (non-hydrogen) atoms. The van der Waals surface area contributed by atoms with Gasteiger partial charge in [-0.25, -0.2) is 0 Å². The van der Waals surface area contributed by atoms with E-state index < -0.39 is 0 Å². The summed E-state index contributed by atoms with van der Waals surface area (Å²) in [4.78, 5) is 0. The first-order valence-corrected chi connectivity index (χ1v) is 3.66. The minimum atomic E-state index is -0.186. The van der Waals surface area contributed by atoms with E-state index in [1.165, 1.54) is 0 Å². The van der Waals surface area contributed by atoms with E-state index in [1.54, 1.807) is 7.11 Å². The summed E-state index contributed by atoms with van der Waals surface area (Å²) in [5, 5.41) is 8.47. The molecule has 2 nitrogen and oxygen atoms in total. The second-order valence-corrected chi connectivity index (χ2v) is 2.43. The molecule has 0 atom stereocenters. The number of nitriles is 1. The van der Waals surface area contributed by atoms with Crippen LogP contribution in [0.5, 0.6) is 0 Å². The van der Waals surface area contributed by atoms with Gasteiger partial charge < -0.3 is 4.74 Å². The van der Waals surface area contributed by atoms with E-state index in [0.717, 1.165) is 12.8 Å². The van der Waals surface area contributed by atoms with Crippen LogP contribution in [-0.2, 0) is 4.74 Å². The average molecular weight is 141 g/mol. The number of rotatable bonds is 4. The van der Waals surface area contributed by atoms with Crippen molar-refractivity contribution in [2.75, 3.05) is 7.11 Å². The zero-order valence-corrected chi connectivity index (χ0v) is 6.98. The lowest BCUT2D eigenvalue weighted by Gasteiger charge is -2.26. The molecule has 0 aliphatic carbocycles. The molecule has 0 fully saturated rings. The van der Waals surface area contributed by atoms with E-state index in [1.807, 2.05) is 13.8 Å². The van der Waals surface area contributed by atoms with Crippen LogP contribution in [0.4, 0.5) is 0 Å². The highest BCUT2D eigenvalue weighted by atomic mass is 16.5. The van der Waals surface area contributed by atoms with E-state index in [2.05, 4.69) is 6.07 Å². The summed E-state index contributed by atoms with van der Waals surface area (Å²) in [6, 6.07) is 2.14. The second kappa shape index (κ2) is 4.29. The summed E-state index contributed by atoms with van der Waals surface area (Å²) in [6.45, 7) is 4.09. The predicted octanol–water partition coefficient (Wildman–Crippen LogP) is 2.11. The molecule has 0 aromatic rings. The van der Waals surface area contributed by atoms with Gasteiger partial charge in [-0.1, -0.05) is 13.8 Å². The van der Waals surface area contributed by atoms with Crippen LogP contribution in [0.25, 0.3) is 0 Å². The van der Waals surface area contributed by atoms with Crippen molar-refractivity contribution in [1.82, 2.24) is 0 Å². The van der Waals surface area contributed by atoms with Gasteiger partial charge >= 0.3 is 0 Å². The Morgan fingerprint density at radius 2 is 1.90 bits per heavy atom. The number of hydrogen-bond donors (Lipinski definition) is 0. The molecular weight excluding hydrogens is 126 g/mol. The Morgan fingerprint density at radius 3 is 2.00 bits per heavy atom. The van der Waals surface area contributed by atoms with E-state index >= 15 is 0 Å². The molecule has 0 unspecified atom stereocenters. The molecule has 0 radical (unpaired) electrons. The molecule has 0 aromatic carbocycles. The zero-order valence-electron chi connectivity index (χ0n) is 6.98. The quantitative estimate of drug-likeness (QED) is 0.600. The summed E-state index contributed by atoms with van der Waals surface area (Å²) in [6.07, 6.45) is 2.32. The molecule has 0 heterocycles. The Balaban J connectivity index is 4.04. The SMILES string of the molecule is CCC(CC)(CC#N)OC. The van der Waals surface area contributed by atoms with Crippen molar-refractivity contribution in [2.45, 2.75) is 38.7 Å². The fourth-order valence-electron chi connectivity index (χ4n) is 1.00. The third-order valence-electron chi connectivity index (χ3n) is 2.12. The Morgan fingerprint density at radius 1 is 1.40 bits per heavy atom. The molecule has 0 saturated carbocycles. The molecule has 0 amide bonds. The van der Waals surface area contributed by atoms with Crippen LogP contribution in [0.3, 0.4) is 0 Å². The number of nitrogens with zero attached hydrogens (tertiary/aromatic N) is 1. The van der Waals surface area contributed by atoms with Crippen molar-refractivity contribution < 1.29 is 4.74 Å². The van der Waals surface area contributed by atoms with Crippen molar-refractivity contribution >= 4 is 0 Å². The predicted molar refractivity (Wildman–Crippen MR) is 40.6 cm³/mol. The third-order valence-corrected chi connectivity index (χ3v) is 2.12. The molecular formula is C8H15NO. The number of methoxy groups -OCH3 is 1. The van der Waals surface area contributed by atoms with Crippen molar-refractivity contribution in [1.29, 1.82) is 5.26 Å². The van der Waals surface area contributed by atoms with Crippen LogP contribution < -0.4 is 0 Å². The first-order valence-electron chi connectivity index (χ1n) is 3.66. The van der Waals surface area contributed by atoms with Crippen molar-refractivity contribution in [3.05, 3.63) is 0 Å². The Labute approximate surface area is 62.8 Å². The molecule has 0 bridgehead atoms. The van der Waals surface area contributed by atoms with Crippen LogP contribution in [0, 0.1) is 11.3 Å². The van der Waals surface area contributed by atoms with Gasteiger partial charge in [0.25, 0.3) is 0 Å². The summed E-state index contributed by atoms with van der Waals surface area (Å²) >= 11 is 0. The highest BCUT2D eigenvalue weighted by Gasteiger charge is 2.24. The van der Waals surface area contributed by atoms with Gasteiger partial charge in [0.1, 0.15) is 0 Å². The lowest BCUT2D eigenvalue weighted by Crippen LogP contribution is -2.28. The molecule has 0 rings (SSSR count).